The van der Waals surface area contributed by atoms with Crippen LogP contribution in [0, 0.1) is 6.92 Å². The molecule has 3 aromatic rings. The minimum Gasteiger partial charge on any atom is -0.489 e. The number of carbonyl (C=O) groups excluding carboxylic acids is 2. The molecule has 0 aliphatic carbocycles. The number of anilines is 1. The molecule has 0 unspecified atom stereocenters. The first-order valence-electron chi connectivity index (χ1n) is 9.33. The van der Waals surface area contributed by atoms with E-state index in [0.29, 0.717) is 28.0 Å². The van der Waals surface area contributed by atoms with Gasteiger partial charge in [-0.3, -0.25) is 9.59 Å². The summed E-state index contributed by atoms with van der Waals surface area (Å²) in [4.78, 5) is 26.9. The van der Waals surface area contributed by atoms with Crippen LogP contribution in [-0.2, 0) is 11.4 Å². The number of ether oxygens (including phenoxy) is 1. The van der Waals surface area contributed by atoms with E-state index < -0.39 is 0 Å². The Morgan fingerprint density at radius 3 is 2.40 bits per heavy atom. The molecule has 1 fully saturated rings. The van der Waals surface area contributed by atoms with Crippen LogP contribution in [0.15, 0.2) is 77.7 Å². The van der Waals surface area contributed by atoms with Crippen molar-refractivity contribution in [3.05, 3.63) is 99.4 Å². The summed E-state index contributed by atoms with van der Waals surface area (Å²) >= 11 is 7.09. The predicted molar refractivity (Wildman–Crippen MR) is 122 cm³/mol. The highest BCUT2D eigenvalue weighted by molar-refractivity contribution is 8.19. The zero-order chi connectivity index (χ0) is 21.1. The van der Waals surface area contributed by atoms with Crippen LogP contribution in [0.2, 0.25) is 5.02 Å². The van der Waals surface area contributed by atoms with Gasteiger partial charge in [-0.2, -0.15) is 0 Å². The Hall–Kier alpha value is -3.02. The third kappa shape index (κ3) is 4.27. The Kier molecular flexibility index (Phi) is 5.93. The van der Waals surface area contributed by atoms with Crippen LogP contribution in [0.5, 0.6) is 5.75 Å². The number of carbonyl (C=O) groups is 2. The molecule has 0 radical (unpaired) electrons. The van der Waals surface area contributed by atoms with Gasteiger partial charge in [0, 0.05) is 10.6 Å². The Morgan fingerprint density at radius 2 is 1.67 bits per heavy atom. The van der Waals surface area contributed by atoms with Gasteiger partial charge < -0.3 is 4.74 Å². The van der Waals surface area contributed by atoms with Gasteiger partial charge in [-0.25, -0.2) is 4.90 Å². The smallest absolute Gasteiger partial charge is 0.298 e. The molecule has 0 spiro atoms. The summed E-state index contributed by atoms with van der Waals surface area (Å²) < 4.78 is 5.78. The SMILES string of the molecule is Cc1ccccc1N1C(=O)S/C(=C\c2ccc(OCc3ccccc3Cl)cc2)C1=O. The first-order chi connectivity index (χ1) is 14.5. The molecule has 1 heterocycles. The van der Waals surface area contributed by atoms with Crippen molar-refractivity contribution in [3.8, 4) is 5.75 Å². The van der Waals surface area contributed by atoms with Crippen LogP contribution in [0.3, 0.4) is 0 Å². The third-order valence-electron chi connectivity index (χ3n) is 4.68. The quantitative estimate of drug-likeness (QED) is 0.431. The lowest BCUT2D eigenvalue weighted by Gasteiger charge is -2.14. The molecule has 0 aromatic heterocycles. The highest BCUT2D eigenvalue weighted by Crippen LogP contribution is 2.37. The van der Waals surface area contributed by atoms with E-state index in [-0.39, 0.29) is 11.1 Å². The molecule has 3 aromatic carbocycles. The molecule has 4 rings (SSSR count). The van der Waals surface area contributed by atoms with Crippen molar-refractivity contribution in [2.45, 2.75) is 13.5 Å². The molecule has 2 amide bonds. The molecule has 4 nitrogen and oxygen atoms in total. The average Bonchev–Trinajstić information content (AvgIpc) is 3.02. The fourth-order valence-electron chi connectivity index (χ4n) is 3.08. The van der Waals surface area contributed by atoms with Gasteiger partial charge in [0.2, 0.25) is 0 Å². The molecule has 0 N–H and O–H groups in total. The van der Waals surface area contributed by atoms with Crippen LogP contribution in [0.4, 0.5) is 10.5 Å². The molecule has 1 aliphatic heterocycles. The van der Waals surface area contributed by atoms with Gasteiger partial charge >= 0.3 is 0 Å². The molecular formula is C24H18ClNO3S. The van der Waals surface area contributed by atoms with Crippen molar-refractivity contribution in [2.24, 2.45) is 0 Å². The second-order valence-corrected chi connectivity index (χ2v) is 8.15. The predicted octanol–water partition coefficient (Wildman–Crippen LogP) is 6.47. The van der Waals surface area contributed by atoms with Crippen molar-refractivity contribution in [1.29, 1.82) is 0 Å². The van der Waals surface area contributed by atoms with E-state index >= 15 is 0 Å². The fraction of sp³-hybridized carbons (Fsp3) is 0.0833. The number of para-hydroxylation sites is 1. The standard InChI is InChI=1S/C24H18ClNO3S/c1-16-6-2-5-9-21(16)26-23(27)22(30-24(26)28)14-17-10-12-19(13-11-17)29-15-18-7-3-4-8-20(18)25/h2-14H,15H2,1H3/b22-14-. The Labute approximate surface area is 184 Å². The van der Waals surface area contributed by atoms with Gasteiger partial charge in [-0.1, -0.05) is 60.1 Å². The number of hydrogen-bond acceptors (Lipinski definition) is 4. The molecule has 6 heteroatoms. The maximum Gasteiger partial charge on any atom is 0.298 e. The molecule has 150 valence electrons. The molecule has 1 saturated heterocycles. The van der Waals surface area contributed by atoms with Crippen molar-refractivity contribution in [1.82, 2.24) is 0 Å². The second-order valence-electron chi connectivity index (χ2n) is 6.75. The first kappa shape index (κ1) is 20.3. The summed E-state index contributed by atoms with van der Waals surface area (Å²) in [6, 6.07) is 22.2. The minimum absolute atomic E-state index is 0.291. The minimum atomic E-state index is -0.307. The van der Waals surface area contributed by atoms with Crippen molar-refractivity contribution in [2.75, 3.05) is 4.90 Å². The maximum atomic E-state index is 12.8. The lowest BCUT2D eigenvalue weighted by molar-refractivity contribution is -0.113. The van der Waals surface area contributed by atoms with Crippen molar-refractivity contribution >= 4 is 46.3 Å². The fourth-order valence-corrected chi connectivity index (χ4v) is 4.10. The van der Waals surface area contributed by atoms with Gasteiger partial charge in [0.1, 0.15) is 12.4 Å². The van der Waals surface area contributed by atoms with Crippen LogP contribution >= 0.6 is 23.4 Å². The van der Waals surface area contributed by atoms with Gasteiger partial charge in [0.15, 0.2) is 0 Å². The van der Waals surface area contributed by atoms with E-state index in [1.807, 2.05) is 73.7 Å². The number of rotatable bonds is 5. The van der Waals surface area contributed by atoms with E-state index in [0.717, 1.165) is 28.5 Å². The number of imide groups is 1. The number of aryl methyl sites for hydroxylation is 1. The Balaban J connectivity index is 1.47. The van der Waals surface area contributed by atoms with Crippen LogP contribution in [0.1, 0.15) is 16.7 Å². The summed E-state index contributed by atoms with van der Waals surface area (Å²) in [6.07, 6.45) is 1.72. The zero-order valence-corrected chi connectivity index (χ0v) is 17.7. The zero-order valence-electron chi connectivity index (χ0n) is 16.2. The lowest BCUT2D eigenvalue weighted by Crippen LogP contribution is -2.28. The normalized spacial score (nSPS) is 15.1. The summed E-state index contributed by atoms with van der Waals surface area (Å²) in [7, 11) is 0. The number of halogens is 1. The Bertz CT molecular complexity index is 1140. The summed E-state index contributed by atoms with van der Waals surface area (Å²) in [6.45, 7) is 2.25. The first-order valence-corrected chi connectivity index (χ1v) is 10.5. The largest absolute Gasteiger partial charge is 0.489 e. The molecule has 30 heavy (non-hydrogen) atoms. The lowest BCUT2D eigenvalue weighted by atomic mass is 10.1. The average molecular weight is 436 g/mol. The van der Waals surface area contributed by atoms with E-state index in [1.165, 1.54) is 4.90 Å². The van der Waals surface area contributed by atoms with E-state index in [2.05, 4.69) is 0 Å². The molecule has 1 aliphatic rings. The third-order valence-corrected chi connectivity index (χ3v) is 5.92. The second kappa shape index (κ2) is 8.78. The number of nitrogens with zero attached hydrogens (tertiary/aromatic N) is 1. The molecule has 0 atom stereocenters. The number of thioether (sulfide) groups is 1. The summed E-state index contributed by atoms with van der Waals surface area (Å²) in [5, 5.41) is 0.374. The van der Waals surface area contributed by atoms with E-state index in [4.69, 9.17) is 16.3 Å². The van der Waals surface area contributed by atoms with Crippen LogP contribution in [-0.4, -0.2) is 11.1 Å². The monoisotopic (exact) mass is 435 g/mol. The van der Waals surface area contributed by atoms with Gasteiger partial charge in [-0.05, 0) is 60.2 Å². The molecule has 0 bridgehead atoms. The van der Waals surface area contributed by atoms with Crippen molar-refractivity contribution < 1.29 is 14.3 Å². The topological polar surface area (TPSA) is 46.6 Å². The van der Waals surface area contributed by atoms with E-state index in [1.54, 1.807) is 12.1 Å². The Morgan fingerprint density at radius 1 is 0.967 bits per heavy atom. The summed E-state index contributed by atoms with van der Waals surface area (Å²) in [5.74, 6) is 0.387. The van der Waals surface area contributed by atoms with Crippen LogP contribution < -0.4 is 9.64 Å². The van der Waals surface area contributed by atoms with Gasteiger partial charge in [0.05, 0.1) is 10.6 Å². The van der Waals surface area contributed by atoms with Crippen molar-refractivity contribution in [3.63, 3.8) is 0 Å². The molecule has 0 saturated carbocycles. The maximum absolute atomic E-state index is 12.8. The van der Waals surface area contributed by atoms with Crippen LogP contribution in [0.25, 0.3) is 6.08 Å². The number of hydrogen-bond donors (Lipinski definition) is 0. The molecular weight excluding hydrogens is 418 g/mol. The van der Waals surface area contributed by atoms with E-state index in [9.17, 15) is 9.59 Å². The summed E-state index contributed by atoms with van der Waals surface area (Å²) in [5.41, 5.74) is 3.22. The number of benzene rings is 3. The highest BCUT2D eigenvalue weighted by atomic mass is 35.5. The highest BCUT2D eigenvalue weighted by Gasteiger charge is 2.36. The van der Waals surface area contributed by atoms with Gasteiger partial charge in [-0.15, -0.1) is 0 Å². The van der Waals surface area contributed by atoms with Gasteiger partial charge in [0.25, 0.3) is 11.1 Å². The number of amides is 2.